The molecule has 0 spiro atoms. The summed E-state index contributed by atoms with van der Waals surface area (Å²) in [7, 11) is 2.09. The van der Waals surface area contributed by atoms with Crippen molar-refractivity contribution in [2.75, 3.05) is 13.6 Å². The molecule has 13 heavy (non-hydrogen) atoms. The molecule has 0 amide bonds. The van der Waals surface area contributed by atoms with Crippen molar-refractivity contribution >= 4 is 0 Å². The van der Waals surface area contributed by atoms with Crippen LogP contribution in [0.1, 0.15) is 18.4 Å². The molecule has 0 aliphatic heterocycles. The van der Waals surface area contributed by atoms with Crippen LogP contribution in [0, 0.1) is 12.3 Å². The molecule has 0 radical (unpaired) electrons. The summed E-state index contributed by atoms with van der Waals surface area (Å²) in [5, 5.41) is 0. The molecule has 1 aromatic rings. The minimum Gasteiger partial charge on any atom is -0.472 e. The summed E-state index contributed by atoms with van der Waals surface area (Å²) >= 11 is 0. The van der Waals surface area contributed by atoms with Gasteiger partial charge in [0, 0.05) is 18.5 Å². The van der Waals surface area contributed by atoms with Crippen molar-refractivity contribution in [3.63, 3.8) is 0 Å². The average Bonchev–Trinajstić information content (AvgIpc) is 2.57. The summed E-state index contributed by atoms with van der Waals surface area (Å²) in [4.78, 5) is 2.24. The van der Waals surface area contributed by atoms with Crippen molar-refractivity contribution in [3.8, 4) is 12.3 Å². The zero-order valence-corrected chi connectivity index (χ0v) is 7.99. The van der Waals surface area contributed by atoms with Crippen molar-refractivity contribution in [2.24, 2.45) is 0 Å². The Morgan fingerprint density at radius 1 is 1.62 bits per heavy atom. The summed E-state index contributed by atoms with van der Waals surface area (Å²) in [6.07, 6.45) is 10.6. The maximum absolute atomic E-state index is 5.17. The molecular weight excluding hydrogens is 162 g/mol. The number of unbranched alkanes of at least 4 members (excludes halogenated alkanes) is 1. The first kappa shape index (κ1) is 9.88. The van der Waals surface area contributed by atoms with Crippen molar-refractivity contribution in [1.82, 2.24) is 4.90 Å². The average molecular weight is 177 g/mol. The quantitative estimate of drug-likeness (QED) is 0.506. The van der Waals surface area contributed by atoms with E-state index in [-0.39, 0.29) is 0 Å². The molecule has 2 nitrogen and oxygen atoms in total. The van der Waals surface area contributed by atoms with Crippen LogP contribution in [-0.4, -0.2) is 18.5 Å². The highest BCUT2D eigenvalue weighted by Crippen LogP contribution is 2.04. The fourth-order valence-electron chi connectivity index (χ4n) is 1.22. The summed E-state index contributed by atoms with van der Waals surface area (Å²) < 4.78 is 4.98. The van der Waals surface area contributed by atoms with E-state index in [1.807, 2.05) is 6.07 Å². The SMILES string of the molecule is C#CCCCN(C)Cc1ccoc1. The van der Waals surface area contributed by atoms with Gasteiger partial charge in [-0.15, -0.1) is 12.3 Å². The van der Waals surface area contributed by atoms with Crippen LogP contribution in [0.5, 0.6) is 0 Å². The highest BCUT2D eigenvalue weighted by molar-refractivity contribution is 5.04. The van der Waals surface area contributed by atoms with Gasteiger partial charge in [0.2, 0.25) is 0 Å². The number of hydrogen-bond acceptors (Lipinski definition) is 2. The van der Waals surface area contributed by atoms with Crippen molar-refractivity contribution < 1.29 is 4.42 Å². The van der Waals surface area contributed by atoms with E-state index in [0.29, 0.717) is 0 Å². The third kappa shape index (κ3) is 3.82. The Morgan fingerprint density at radius 2 is 2.46 bits per heavy atom. The third-order valence-corrected chi connectivity index (χ3v) is 1.89. The van der Waals surface area contributed by atoms with Crippen LogP contribution < -0.4 is 0 Å². The zero-order valence-electron chi connectivity index (χ0n) is 7.99. The molecular formula is C11H15NO. The molecule has 1 rings (SSSR count). The molecule has 0 saturated carbocycles. The van der Waals surface area contributed by atoms with E-state index >= 15 is 0 Å². The number of rotatable bonds is 5. The second-order valence-corrected chi connectivity index (χ2v) is 3.18. The van der Waals surface area contributed by atoms with Crippen LogP contribution in [0.3, 0.4) is 0 Å². The molecule has 0 aliphatic rings. The van der Waals surface area contributed by atoms with Crippen LogP contribution in [-0.2, 0) is 6.54 Å². The van der Waals surface area contributed by atoms with E-state index in [2.05, 4.69) is 17.9 Å². The molecule has 0 bridgehead atoms. The lowest BCUT2D eigenvalue weighted by Crippen LogP contribution is -2.18. The Labute approximate surface area is 79.5 Å². The number of hydrogen-bond donors (Lipinski definition) is 0. The Balaban J connectivity index is 2.19. The topological polar surface area (TPSA) is 16.4 Å². The van der Waals surface area contributed by atoms with E-state index in [4.69, 9.17) is 10.8 Å². The third-order valence-electron chi connectivity index (χ3n) is 1.89. The van der Waals surface area contributed by atoms with Crippen LogP contribution in [0.2, 0.25) is 0 Å². The van der Waals surface area contributed by atoms with Gasteiger partial charge in [0.1, 0.15) is 0 Å². The van der Waals surface area contributed by atoms with Gasteiger partial charge in [-0.1, -0.05) is 0 Å². The summed E-state index contributed by atoms with van der Waals surface area (Å²) in [6, 6.07) is 1.98. The first-order valence-corrected chi connectivity index (χ1v) is 4.46. The van der Waals surface area contributed by atoms with E-state index in [0.717, 1.165) is 25.9 Å². The summed E-state index contributed by atoms with van der Waals surface area (Å²) in [6.45, 7) is 1.97. The number of terminal acetylenes is 1. The molecule has 0 saturated heterocycles. The lowest BCUT2D eigenvalue weighted by atomic mass is 10.3. The highest BCUT2D eigenvalue weighted by Gasteiger charge is 1.99. The Kier molecular flexibility index (Phi) is 4.14. The van der Waals surface area contributed by atoms with Crippen LogP contribution in [0.25, 0.3) is 0 Å². The number of furan rings is 1. The van der Waals surface area contributed by atoms with E-state index in [1.54, 1.807) is 12.5 Å². The van der Waals surface area contributed by atoms with Gasteiger partial charge in [-0.3, -0.25) is 0 Å². The monoisotopic (exact) mass is 177 g/mol. The molecule has 0 atom stereocenters. The predicted molar refractivity (Wildman–Crippen MR) is 53.1 cm³/mol. The standard InChI is InChI=1S/C11H15NO/c1-3-4-5-7-12(2)9-11-6-8-13-10-11/h1,6,8,10H,4-5,7,9H2,2H3. The minimum absolute atomic E-state index is 0.857. The molecule has 70 valence electrons. The fourth-order valence-corrected chi connectivity index (χ4v) is 1.22. The molecule has 0 unspecified atom stereocenters. The van der Waals surface area contributed by atoms with Gasteiger partial charge in [0.25, 0.3) is 0 Å². The Morgan fingerprint density at radius 3 is 3.08 bits per heavy atom. The van der Waals surface area contributed by atoms with Crippen molar-refractivity contribution in [1.29, 1.82) is 0 Å². The normalized spacial score (nSPS) is 10.2. The van der Waals surface area contributed by atoms with Crippen molar-refractivity contribution in [2.45, 2.75) is 19.4 Å². The first-order valence-electron chi connectivity index (χ1n) is 4.46. The largest absolute Gasteiger partial charge is 0.472 e. The predicted octanol–water partition coefficient (Wildman–Crippen LogP) is 2.12. The lowest BCUT2D eigenvalue weighted by Gasteiger charge is -2.14. The van der Waals surface area contributed by atoms with Gasteiger partial charge in [-0.25, -0.2) is 0 Å². The van der Waals surface area contributed by atoms with Crippen LogP contribution >= 0.6 is 0 Å². The van der Waals surface area contributed by atoms with Crippen LogP contribution in [0.4, 0.5) is 0 Å². The van der Waals surface area contributed by atoms with Gasteiger partial charge in [-0.05, 0) is 26.1 Å². The zero-order chi connectivity index (χ0) is 9.52. The molecule has 2 heteroatoms. The molecule has 1 aromatic heterocycles. The Bertz CT molecular complexity index is 258. The molecule has 0 aliphatic carbocycles. The second kappa shape index (κ2) is 5.45. The molecule has 0 N–H and O–H groups in total. The van der Waals surface area contributed by atoms with Gasteiger partial charge < -0.3 is 9.32 Å². The van der Waals surface area contributed by atoms with E-state index in [9.17, 15) is 0 Å². The van der Waals surface area contributed by atoms with E-state index in [1.165, 1.54) is 5.56 Å². The minimum atomic E-state index is 0.857. The summed E-state index contributed by atoms with van der Waals surface area (Å²) in [5.41, 5.74) is 1.21. The second-order valence-electron chi connectivity index (χ2n) is 3.18. The summed E-state index contributed by atoms with van der Waals surface area (Å²) in [5.74, 6) is 2.64. The van der Waals surface area contributed by atoms with Gasteiger partial charge in [-0.2, -0.15) is 0 Å². The maximum atomic E-state index is 5.17. The Hall–Kier alpha value is -1.20. The molecule has 1 heterocycles. The maximum Gasteiger partial charge on any atom is 0.0947 e. The first-order chi connectivity index (χ1) is 6.33. The van der Waals surface area contributed by atoms with Crippen molar-refractivity contribution in [3.05, 3.63) is 24.2 Å². The van der Waals surface area contributed by atoms with Gasteiger partial charge in [0.15, 0.2) is 0 Å². The molecule has 0 aromatic carbocycles. The smallest absolute Gasteiger partial charge is 0.0947 e. The lowest BCUT2D eigenvalue weighted by molar-refractivity contribution is 0.322. The highest BCUT2D eigenvalue weighted by atomic mass is 16.3. The number of nitrogens with zero attached hydrogens (tertiary/aromatic N) is 1. The molecule has 0 fully saturated rings. The van der Waals surface area contributed by atoms with E-state index < -0.39 is 0 Å². The fraction of sp³-hybridized carbons (Fsp3) is 0.455. The van der Waals surface area contributed by atoms with Gasteiger partial charge >= 0.3 is 0 Å². The van der Waals surface area contributed by atoms with Gasteiger partial charge in [0.05, 0.1) is 12.5 Å². The van der Waals surface area contributed by atoms with Crippen LogP contribution in [0.15, 0.2) is 23.0 Å².